The first-order chi connectivity index (χ1) is 10.8. The van der Waals surface area contributed by atoms with E-state index in [2.05, 4.69) is 0 Å². The third kappa shape index (κ3) is 4.26. The van der Waals surface area contributed by atoms with Crippen LogP contribution in [-0.4, -0.2) is 62.0 Å². The van der Waals surface area contributed by atoms with E-state index >= 15 is 0 Å². The van der Waals surface area contributed by atoms with E-state index < -0.39 is 26.7 Å². The normalized spacial score (nSPS) is 19.4. The van der Waals surface area contributed by atoms with Crippen molar-refractivity contribution in [3.05, 3.63) is 39.9 Å². The number of benzene rings is 1. The molecule has 0 saturated carbocycles. The maximum atomic E-state index is 12.7. The Balaban J connectivity index is 2.26. The molecule has 1 atom stereocenters. The van der Waals surface area contributed by atoms with Gasteiger partial charge in [-0.15, -0.1) is 0 Å². The number of non-ortho nitro benzene ring substituents is 1. The van der Waals surface area contributed by atoms with Crippen molar-refractivity contribution in [1.29, 1.82) is 0 Å². The minimum atomic E-state index is -3.15. The number of rotatable bonds is 6. The fraction of sp³-hybridized carbons (Fsp3) is 0.500. The highest BCUT2D eigenvalue weighted by molar-refractivity contribution is 7.91. The number of hydrogen-bond acceptors (Lipinski definition) is 6. The monoisotopic (exact) mass is 342 g/mol. The standard InChI is InChI=1S/C14H18N2O6S/c1-22-7-6-15(13-5-8-23(20,21)10-13)14(17)11-3-2-4-12(9-11)16(18)19/h2-4,9,13H,5-8,10H2,1H3/t13-/m0/s1. The fourth-order valence-corrected chi connectivity index (χ4v) is 4.31. The second-order valence-electron chi connectivity index (χ2n) is 5.36. The first-order valence-electron chi connectivity index (χ1n) is 7.09. The largest absolute Gasteiger partial charge is 0.383 e. The van der Waals surface area contributed by atoms with Crippen molar-refractivity contribution in [2.75, 3.05) is 31.8 Å². The highest BCUT2D eigenvalue weighted by Crippen LogP contribution is 2.21. The molecule has 1 saturated heterocycles. The minimum absolute atomic E-state index is 0.0450. The predicted molar refractivity (Wildman–Crippen MR) is 83.1 cm³/mol. The molecule has 0 unspecified atom stereocenters. The number of carbonyl (C=O) groups excluding carboxylic acids is 1. The van der Waals surface area contributed by atoms with Crippen LogP contribution in [0.5, 0.6) is 0 Å². The Morgan fingerprint density at radius 2 is 2.22 bits per heavy atom. The topological polar surface area (TPSA) is 107 Å². The van der Waals surface area contributed by atoms with Crippen LogP contribution in [0.25, 0.3) is 0 Å². The molecule has 0 aromatic heterocycles. The maximum Gasteiger partial charge on any atom is 0.270 e. The molecule has 1 aliphatic rings. The first kappa shape index (κ1) is 17.4. The maximum absolute atomic E-state index is 12.7. The molecular formula is C14H18N2O6S. The SMILES string of the molecule is COCCN(C(=O)c1cccc([N+](=O)[O-])c1)[C@H]1CCS(=O)(=O)C1. The number of methoxy groups -OCH3 is 1. The van der Waals surface area contributed by atoms with E-state index in [-0.39, 0.29) is 35.9 Å². The van der Waals surface area contributed by atoms with E-state index in [4.69, 9.17) is 4.74 Å². The Bertz CT molecular complexity index is 703. The molecule has 1 aromatic carbocycles. The van der Waals surface area contributed by atoms with Crippen molar-refractivity contribution in [2.24, 2.45) is 0 Å². The average Bonchev–Trinajstić information content (AvgIpc) is 2.87. The zero-order valence-corrected chi connectivity index (χ0v) is 13.5. The molecule has 0 spiro atoms. The summed E-state index contributed by atoms with van der Waals surface area (Å²) < 4.78 is 28.3. The van der Waals surface area contributed by atoms with E-state index in [0.717, 1.165) is 0 Å². The summed E-state index contributed by atoms with van der Waals surface area (Å²) in [5.74, 6) is -0.464. The summed E-state index contributed by atoms with van der Waals surface area (Å²) in [6.07, 6.45) is 0.368. The van der Waals surface area contributed by atoms with Gasteiger partial charge in [0.1, 0.15) is 0 Å². The molecule has 0 N–H and O–H groups in total. The molecule has 1 amide bonds. The van der Waals surface area contributed by atoms with Crippen LogP contribution in [0.3, 0.4) is 0 Å². The van der Waals surface area contributed by atoms with Crippen LogP contribution in [0.15, 0.2) is 24.3 Å². The van der Waals surface area contributed by atoms with Crippen molar-refractivity contribution in [3.63, 3.8) is 0 Å². The lowest BCUT2D eigenvalue weighted by molar-refractivity contribution is -0.384. The van der Waals surface area contributed by atoms with Crippen molar-refractivity contribution in [1.82, 2.24) is 4.90 Å². The van der Waals surface area contributed by atoms with Gasteiger partial charge in [-0.1, -0.05) is 6.07 Å². The molecule has 1 aliphatic heterocycles. The number of nitro benzene ring substituents is 1. The van der Waals surface area contributed by atoms with E-state index in [1.165, 1.54) is 36.3 Å². The van der Waals surface area contributed by atoms with E-state index in [9.17, 15) is 23.3 Å². The van der Waals surface area contributed by atoms with E-state index in [0.29, 0.717) is 6.42 Å². The van der Waals surface area contributed by atoms with Gasteiger partial charge in [-0.05, 0) is 12.5 Å². The Labute approximate surface area is 134 Å². The molecule has 1 fully saturated rings. The fourth-order valence-electron chi connectivity index (χ4n) is 2.58. The Kier molecular flexibility index (Phi) is 5.32. The van der Waals surface area contributed by atoms with Crippen LogP contribution in [0.1, 0.15) is 16.8 Å². The van der Waals surface area contributed by atoms with Gasteiger partial charge in [-0.2, -0.15) is 0 Å². The van der Waals surface area contributed by atoms with Gasteiger partial charge in [-0.25, -0.2) is 8.42 Å². The Morgan fingerprint density at radius 3 is 2.78 bits per heavy atom. The van der Waals surface area contributed by atoms with E-state index in [1.54, 1.807) is 0 Å². The number of nitrogens with zero attached hydrogens (tertiary/aromatic N) is 2. The van der Waals surface area contributed by atoms with Crippen molar-refractivity contribution in [2.45, 2.75) is 12.5 Å². The molecular weight excluding hydrogens is 324 g/mol. The number of nitro groups is 1. The van der Waals surface area contributed by atoms with Crippen LogP contribution < -0.4 is 0 Å². The van der Waals surface area contributed by atoms with Gasteiger partial charge < -0.3 is 9.64 Å². The summed E-state index contributed by atoms with van der Waals surface area (Å²) >= 11 is 0. The van der Waals surface area contributed by atoms with Crippen LogP contribution in [-0.2, 0) is 14.6 Å². The summed E-state index contributed by atoms with van der Waals surface area (Å²) in [4.78, 5) is 24.4. The quantitative estimate of drug-likeness (QED) is 0.561. The lowest BCUT2D eigenvalue weighted by Gasteiger charge is -2.28. The summed E-state index contributed by atoms with van der Waals surface area (Å²) in [5.41, 5.74) is -0.0128. The second-order valence-corrected chi connectivity index (χ2v) is 7.58. The second kappa shape index (κ2) is 7.05. The predicted octanol–water partition coefficient (Wildman–Crippen LogP) is 0.870. The number of amides is 1. The zero-order chi connectivity index (χ0) is 17.0. The van der Waals surface area contributed by atoms with Gasteiger partial charge in [0.05, 0.1) is 23.0 Å². The highest BCUT2D eigenvalue weighted by Gasteiger charge is 2.35. The third-order valence-corrected chi connectivity index (χ3v) is 5.50. The van der Waals surface area contributed by atoms with Crippen LogP contribution in [0.4, 0.5) is 5.69 Å². The molecule has 23 heavy (non-hydrogen) atoms. The number of sulfone groups is 1. The van der Waals surface area contributed by atoms with Crippen molar-refractivity contribution in [3.8, 4) is 0 Å². The zero-order valence-electron chi connectivity index (χ0n) is 12.7. The van der Waals surface area contributed by atoms with Gasteiger partial charge in [0, 0.05) is 37.4 Å². The molecule has 9 heteroatoms. The molecule has 1 heterocycles. The summed E-state index contributed by atoms with van der Waals surface area (Å²) in [6, 6.07) is 4.99. The lowest BCUT2D eigenvalue weighted by atomic mass is 10.1. The molecule has 0 aliphatic carbocycles. The highest BCUT2D eigenvalue weighted by atomic mass is 32.2. The number of ether oxygens (including phenoxy) is 1. The van der Waals surface area contributed by atoms with Crippen molar-refractivity contribution >= 4 is 21.4 Å². The molecule has 8 nitrogen and oxygen atoms in total. The average molecular weight is 342 g/mol. The molecule has 0 bridgehead atoms. The third-order valence-electron chi connectivity index (χ3n) is 3.75. The van der Waals surface area contributed by atoms with Crippen LogP contribution in [0, 0.1) is 10.1 Å². The molecule has 0 radical (unpaired) electrons. The van der Waals surface area contributed by atoms with Gasteiger partial charge >= 0.3 is 0 Å². The summed E-state index contributed by atoms with van der Waals surface area (Å²) in [6.45, 7) is 0.495. The molecule has 126 valence electrons. The Hall–Kier alpha value is -2.00. The minimum Gasteiger partial charge on any atom is -0.383 e. The lowest BCUT2D eigenvalue weighted by Crippen LogP contribution is -2.43. The summed E-state index contributed by atoms with van der Waals surface area (Å²) in [7, 11) is -1.66. The molecule has 2 rings (SSSR count). The van der Waals surface area contributed by atoms with Crippen molar-refractivity contribution < 1.29 is 22.9 Å². The van der Waals surface area contributed by atoms with Gasteiger partial charge in [0.2, 0.25) is 0 Å². The number of hydrogen-bond donors (Lipinski definition) is 0. The Morgan fingerprint density at radius 1 is 1.48 bits per heavy atom. The van der Waals surface area contributed by atoms with E-state index in [1.807, 2.05) is 0 Å². The van der Waals surface area contributed by atoms with Gasteiger partial charge in [-0.3, -0.25) is 14.9 Å². The van der Waals surface area contributed by atoms with Gasteiger partial charge in [0.25, 0.3) is 11.6 Å². The van der Waals surface area contributed by atoms with Crippen LogP contribution in [0.2, 0.25) is 0 Å². The number of carbonyl (C=O) groups is 1. The van der Waals surface area contributed by atoms with Gasteiger partial charge in [0.15, 0.2) is 9.84 Å². The first-order valence-corrected chi connectivity index (χ1v) is 8.91. The molecule has 1 aromatic rings. The smallest absolute Gasteiger partial charge is 0.270 e. The van der Waals surface area contributed by atoms with Crippen LogP contribution >= 0.6 is 0 Å². The summed E-state index contributed by atoms with van der Waals surface area (Å²) in [5, 5.41) is 10.8.